The van der Waals surface area contributed by atoms with Crippen LogP contribution in [-0.4, -0.2) is 63.6 Å². The maximum Gasteiger partial charge on any atom is 0.374 e. The van der Waals surface area contributed by atoms with E-state index >= 15 is 0 Å². The molecule has 2 fully saturated rings. The molecular weight excluding hydrogens is 436 g/mol. The Hall–Kier alpha value is -1.91. The number of carbonyl (C=O) groups excluding carboxylic acids is 2. The Morgan fingerprint density at radius 3 is 2.56 bits per heavy atom. The standard InChI is InChI=1S/C22H34N2O7S/c1-3-29-22(26)19-8-9-20(31-19)32(27,28)24-13-10-17(11-14-24)21(25)23-12-15-30-18-7-5-4-6-16(18)2/h8-9,16-18H,3-7,10-15H2,1-2H3,(H,23,25)/t16-,18-/m1/s1. The normalized spacial score (nSPS) is 23.1. The van der Waals surface area contributed by atoms with E-state index < -0.39 is 16.0 Å². The van der Waals surface area contributed by atoms with Gasteiger partial charge in [0.05, 0.1) is 19.3 Å². The highest BCUT2D eigenvalue weighted by molar-refractivity contribution is 7.89. The van der Waals surface area contributed by atoms with Crippen molar-refractivity contribution in [2.45, 2.75) is 63.6 Å². The summed E-state index contributed by atoms with van der Waals surface area (Å²) in [4.78, 5) is 24.2. The number of furan rings is 1. The first-order valence-electron chi connectivity index (χ1n) is 11.5. The number of nitrogens with one attached hydrogen (secondary N) is 1. The molecule has 0 aromatic carbocycles. The lowest BCUT2D eigenvalue weighted by Gasteiger charge is -2.30. The highest BCUT2D eigenvalue weighted by atomic mass is 32.2. The fraction of sp³-hybridized carbons (Fsp3) is 0.727. The third-order valence-electron chi connectivity index (χ3n) is 6.24. The van der Waals surface area contributed by atoms with E-state index in [9.17, 15) is 18.0 Å². The zero-order chi connectivity index (χ0) is 23.1. The van der Waals surface area contributed by atoms with Crippen LogP contribution >= 0.6 is 0 Å². The molecular formula is C22H34N2O7S. The van der Waals surface area contributed by atoms with Crippen LogP contribution in [0.2, 0.25) is 0 Å². The van der Waals surface area contributed by atoms with Gasteiger partial charge in [-0.3, -0.25) is 4.79 Å². The quantitative estimate of drug-likeness (QED) is 0.436. The van der Waals surface area contributed by atoms with Gasteiger partial charge in [0.1, 0.15) is 0 Å². The molecule has 2 atom stereocenters. The molecule has 1 saturated heterocycles. The molecule has 1 aliphatic carbocycles. The van der Waals surface area contributed by atoms with E-state index in [-0.39, 0.29) is 48.5 Å². The molecule has 32 heavy (non-hydrogen) atoms. The van der Waals surface area contributed by atoms with E-state index in [2.05, 4.69) is 12.2 Å². The summed E-state index contributed by atoms with van der Waals surface area (Å²) in [6, 6.07) is 2.55. The summed E-state index contributed by atoms with van der Waals surface area (Å²) in [5.74, 6) is -0.587. The van der Waals surface area contributed by atoms with Gasteiger partial charge in [-0.05, 0) is 50.7 Å². The minimum atomic E-state index is -3.87. The third kappa shape index (κ3) is 6.11. The van der Waals surface area contributed by atoms with Crippen LogP contribution in [0.1, 0.15) is 62.9 Å². The van der Waals surface area contributed by atoms with E-state index in [1.54, 1.807) is 6.92 Å². The van der Waals surface area contributed by atoms with Gasteiger partial charge in [-0.15, -0.1) is 0 Å². The number of hydrogen-bond acceptors (Lipinski definition) is 7. The lowest BCUT2D eigenvalue weighted by Crippen LogP contribution is -2.43. The van der Waals surface area contributed by atoms with Crippen LogP contribution in [0.15, 0.2) is 21.6 Å². The summed E-state index contributed by atoms with van der Waals surface area (Å²) in [7, 11) is -3.87. The Labute approximate surface area is 189 Å². The summed E-state index contributed by atoms with van der Waals surface area (Å²) < 4.78 is 42.9. The second-order valence-corrected chi connectivity index (χ2v) is 10.3. The van der Waals surface area contributed by atoms with Crippen LogP contribution in [0.4, 0.5) is 0 Å². The molecule has 3 rings (SSSR count). The maximum absolute atomic E-state index is 12.8. The second-order valence-electron chi connectivity index (χ2n) is 8.48. The second kappa shape index (κ2) is 11.3. The lowest BCUT2D eigenvalue weighted by molar-refractivity contribution is -0.126. The van der Waals surface area contributed by atoms with Crippen molar-refractivity contribution in [1.29, 1.82) is 0 Å². The Morgan fingerprint density at radius 1 is 1.16 bits per heavy atom. The number of amides is 1. The van der Waals surface area contributed by atoms with E-state index in [1.807, 2.05) is 0 Å². The number of nitrogens with zero attached hydrogens (tertiary/aromatic N) is 1. The van der Waals surface area contributed by atoms with Gasteiger partial charge >= 0.3 is 5.97 Å². The Morgan fingerprint density at radius 2 is 1.88 bits per heavy atom. The van der Waals surface area contributed by atoms with Crippen molar-refractivity contribution >= 4 is 21.9 Å². The molecule has 1 aromatic rings. The molecule has 0 radical (unpaired) electrons. The van der Waals surface area contributed by atoms with E-state index in [4.69, 9.17) is 13.9 Å². The highest BCUT2D eigenvalue weighted by Gasteiger charge is 2.34. The van der Waals surface area contributed by atoms with Gasteiger partial charge in [0.15, 0.2) is 0 Å². The van der Waals surface area contributed by atoms with Gasteiger partial charge < -0.3 is 19.2 Å². The predicted octanol–water partition coefficient (Wildman–Crippen LogP) is 2.57. The fourth-order valence-corrected chi connectivity index (χ4v) is 5.70. The van der Waals surface area contributed by atoms with Crippen molar-refractivity contribution in [3.63, 3.8) is 0 Å². The van der Waals surface area contributed by atoms with E-state index in [1.165, 1.54) is 35.7 Å². The average molecular weight is 471 g/mol. The van der Waals surface area contributed by atoms with Crippen molar-refractivity contribution in [3.05, 3.63) is 17.9 Å². The molecule has 0 unspecified atom stereocenters. The Balaban J connectivity index is 1.42. The van der Waals surface area contributed by atoms with Crippen molar-refractivity contribution in [2.24, 2.45) is 11.8 Å². The zero-order valence-electron chi connectivity index (χ0n) is 18.9. The first-order valence-corrected chi connectivity index (χ1v) is 12.9. The minimum absolute atomic E-state index is 0.0649. The van der Waals surface area contributed by atoms with Crippen LogP contribution in [0, 0.1) is 11.8 Å². The van der Waals surface area contributed by atoms with E-state index in [0.29, 0.717) is 31.9 Å². The number of rotatable bonds is 9. The van der Waals surface area contributed by atoms with E-state index in [0.717, 1.165) is 6.42 Å². The van der Waals surface area contributed by atoms with Crippen LogP contribution < -0.4 is 5.32 Å². The third-order valence-corrected chi connectivity index (χ3v) is 8.02. The van der Waals surface area contributed by atoms with Gasteiger partial charge in [0.25, 0.3) is 10.0 Å². The Bertz CT molecular complexity index is 875. The zero-order valence-corrected chi connectivity index (χ0v) is 19.7. The molecule has 180 valence electrons. The van der Waals surface area contributed by atoms with Crippen molar-refractivity contribution in [2.75, 3.05) is 32.8 Å². The van der Waals surface area contributed by atoms with Gasteiger partial charge in [0.2, 0.25) is 16.8 Å². The summed E-state index contributed by atoms with van der Waals surface area (Å²) >= 11 is 0. The molecule has 9 nitrogen and oxygen atoms in total. The fourth-order valence-electron chi connectivity index (χ4n) is 4.32. The first-order chi connectivity index (χ1) is 15.3. The average Bonchev–Trinajstić information content (AvgIpc) is 3.29. The van der Waals surface area contributed by atoms with Crippen molar-refractivity contribution < 1.29 is 31.9 Å². The number of hydrogen-bond donors (Lipinski definition) is 1. The molecule has 2 heterocycles. The summed E-state index contributed by atoms with van der Waals surface area (Å²) in [5, 5.41) is 2.62. The minimum Gasteiger partial charge on any atom is -0.460 e. The first kappa shape index (κ1) is 24.7. The lowest BCUT2D eigenvalue weighted by atomic mass is 9.88. The molecule has 10 heteroatoms. The summed E-state index contributed by atoms with van der Waals surface area (Å²) in [5.41, 5.74) is 0. The molecule has 1 aliphatic heterocycles. The molecule has 1 N–H and O–H groups in total. The number of esters is 1. The van der Waals surface area contributed by atoms with Crippen LogP contribution in [-0.2, 0) is 24.3 Å². The van der Waals surface area contributed by atoms with Gasteiger partial charge in [-0.2, -0.15) is 4.31 Å². The smallest absolute Gasteiger partial charge is 0.374 e. The number of piperidine rings is 1. The predicted molar refractivity (Wildman–Crippen MR) is 117 cm³/mol. The number of sulfonamides is 1. The molecule has 1 saturated carbocycles. The van der Waals surface area contributed by atoms with Crippen LogP contribution in [0.25, 0.3) is 0 Å². The largest absolute Gasteiger partial charge is 0.460 e. The number of carbonyl (C=O) groups is 2. The van der Waals surface area contributed by atoms with Gasteiger partial charge in [-0.25, -0.2) is 13.2 Å². The van der Waals surface area contributed by atoms with Crippen molar-refractivity contribution in [3.8, 4) is 0 Å². The maximum atomic E-state index is 12.8. The van der Waals surface area contributed by atoms with Crippen LogP contribution in [0.5, 0.6) is 0 Å². The molecule has 1 aromatic heterocycles. The Kier molecular flexibility index (Phi) is 8.72. The van der Waals surface area contributed by atoms with Crippen molar-refractivity contribution in [1.82, 2.24) is 9.62 Å². The SMILES string of the molecule is CCOC(=O)c1ccc(S(=O)(=O)N2CCC(C(=O)NCCO[C@@H]3CCCC[C@H]3C)CC2)o1. The molecule has 0 bridgehead atoms. The topological polar surface area (TPSA) is 115 Å². The van der Waals surface area contributed by atoms with Gasteiger partial charge in [0, 0.05) is 25.6 Å². The van der Waals surface area contributed by atoms with Crippen LogP contribution in [0.3, 0.4) is 0 Å². The van der Waals surface area contributed by atoms with Gasteiger partial charge in [-0.1, -0.05) is 19.8 Å². The molecule has 0 spiro atoms. The molecule has 1 amide bonds. The number of ether oxygens (including phenoxy) is 2. The summed E-state index contributed by atoms with van der Waals surface area (Å²) in [6.07, 6.45) is 5.87. The summed E-state index contributed by atoms with van der Waals surface area (Å²) in [6.45, 7) is 5.42. The highest BCUT2D eigenvalue weighted by Crippen LogP contribution is 2.27. The molecule has 2 aliphatic rings. The monoisotopic (exact) mass is 470 g/mol.